The summed E-state index contributed by atoms with van der Waals surface area (Å²) in [5, 5.41) is 0. The van der Waals surface area contributed by atoms with Crippen molar-refractivity contribution in [3.63, 3.8) is 0 Å². The van der Waals surface area contributed by atoms with E-state index in [9.17, 15) is 14.3 Å². The molecule has 0 spiro atoms. The Kier molecular flexibility index (Phi) is 42.5. The van der Waals surface area contributed by atoms with Crippen molar-refractivity contribution in [2.45, 2.75) is 168 Å². The summed E-state index contributed by atoms with van der Waals surface area (Å²) in [6.45, 7) is 4.67. The molecule has 0 heterocycles. The summed E-state index contributed by atoms with van der Waals surface area (Å²) in [7, 11) is -4.29. The molecule has 0 amide bonds. The fourth-order valence-corrected chi connectivity index (χ4v) is 6.25. The van der Waals surface area contributed by atoms with Gasteiger partial charge in [0, 0.05) is 19.6 Å². The smallest absolute Gasteiger partial charge is 0.457 e. The van der Waals surface area contributed by atoms with Crippen molar-refractivity contribution in [1.29, 1.82) is 0 Å². The van der Waals surface area contributed by atoms with Gasteiger partial charge in [0.15, 0.2) is 0 Å². The fraction of sp³-hybridized carbons (Fsp3) is 0.646. The summed E-state index contributed by atoms with van der Waals surface area (Å²) in [6.07, 6.45) is 58.5. The molecular weight excluding hydrogens is 734 g/mol. The molecule has 0 aromatic heterocycles. The Balaban J connectivity index is 4.10. The van der Waals surface area contributed by atoms with Gasteiger partial charge in [-0.25, -0.2) is 4.57 Å². The van der Waals surface area contributed by atoms with Crippen molar-refractivity contribution < 1.29 is 32.8 Å². The lowest BCUT2D eigenvalue weighted by molar-refractivity contribution is -0.154. The molecule has 0 aromatic carbocycles. The summed E-state index contributed by atoms with van der Waals surface area (Å²) >= 11 is 0. The zero-order valence-electron chi connectivity index (χ0n) is 36.0. The third kappa shape index (κ3) is 44.4. The molecular formula is C48H82NO7P. The van der Waals surface area contributed by atoms with Gasteiger partial charge in [0.2, 0.25) is 0 Å². The number of phosphoric ester groups is 1. The van der Waals surface area contributed by atoms with Crippen LogP contribution in [0.4, 0.5) is 0 Å². The van der Waals surface area contributed by atoms with E-state index in [2.05, 4.69) is 111 Å². The van der Waals surface area contributed by atoms with E-state index in [1.54, 1.807) is 0 Å². The van der Waals surface area contributed by atoms with E-state index >= 15 is 0 Å². The number of ether oxygens (including phenoxy) is 2. The van der Waals surface area contributed by atoms with Crippen LogP contribution in [0.2, 0.25) is 0 Å². The number of allylic oxidation sites excluding steroid dienone is 16. The van der Waals surface area contributed by atoms with Gasteiger partial charge in [0.05, 0.1) is 19.8 Å². The first-order valence-corrected chi connectivity index (χ1v) is 23.7. The predicted octanol–water partition coefficient (Wildman–Crippen LogP) is 13.5. The van der Waals surface area contributed by atoms with Crippen LogP contribution in [0.5, 0.6) is 0 Å². The first kappa shape index (κ1) is 54.4. The van der Waals surface area contributed by atoms with E-state index in [4.69, 9.17) is 24.3 Å². The van der Waals surface area contributed by atoms with Crippen molar-refractivity contribution in [3.05, 3.63) is 97.2 Å². The van der Waals surface area contributed by atoms with Gasteiger partial charge in [-0.2, -0.15) is 0 Å². The number of esters is 1. The highest BCUT2D eigenvalue weighted by Crippen LogP contribution is 2.43. The second kappa shape index (κ2) is 44.5. The standard InChI is InChI=1S/C48H82NO7P/c1-3-5-7-9-11-13-15-17-19-20-21-22-23-24-25-26-27-28-30-32-34-36-38-40-43-53-45-47(46-55-57(51,52)54-44-42-49)56-48(50)41-39-37-35-33-31-29-18-16-14-12-10-8-6-4-2/h5,7,10-13,16-19,21-22,24-25,27-28,47H,3-4,6,8-9,14-15,20,23,26,29-46,49H2,1-2H3,(H,51,52)/b7-5-,12-10-,13-11-,18-16-,19-17-,22-21-,25-24-,28-27-. The molecule has 57 heavy (non-hydrogen) atoms. The van der Waals surface area contributed by atoms with Crippen LogP contribution in [0.25, 0.3) is 0 Å². The molecule has 0 radical (unpaired) electrons. The van der Waals surface area contributed by atoms with E-state index < -0.39 is 13.9 Å². The highest BCUT2D eigenvalue weighted by molar-refractivity contribution is 7.47. The first-order valence-electron chi connectivity index (χ1n) is 22.2. The Morgan fingerprint density at radius 3 is 1.47 bits per heavy atom. The summed E-state index contributed by atoms with van der Waals surface area (Å²) in [6, 6.07) is 0. The zero-order chi connectivity index (χ0) is 41.6. The van der Waals surface area contributed by atoms with Crippen LogP contribution in [0.15, 0.2) is 97.2 Å². The Morgan fingerprint density at radius 2 is 0.982 bits per heavy atom. The monoisotopic (exact) mass is 816 g/mol. The third-order valence-corrected chi connectivity index (χ3v) is 9.72. The summed E-state index contributed by atoms with van der Waals surface area (Å²) in [5.74, 6) is -0.357. The van der Waals surface area contributed by atoms with Crippen molar-refractivity contribution in [3.8, 4) is 0 Å². The van der Waals surface area contributed by atoms with E-state index in [-0.39, 0.29) is 32.3 Å². The molecule has 2 unspecified atom stereocenters. The number of phosphoric acid groups is 1. The first-order chi connectivity index (χ1) is 27.9. The van der Waals surface area contributed by atoms with Gasteiger partial charge >= 0.3 is 13.8 Å². The molecule has 0 saturated carbocycles. The van der Waals surface area contributed by atoms with E-state index in [1.165, 1.54) is 32.1 Å². The van der Waals surface area contributed by atoms with E-state index in [0.717, 1.165) is 109 Å². The molecule has 3 N–H and O–H groups in total. The van der Waals surface area contributed by atoms with Gasteiger partial charge in [-0.3, -0.25) is 13.8 Å². The maximum Gasteiger partial charge on any atom is 0.472 e. The van der Waals surface area contributed by atoms with Crippen LogP contribution >= 0.6 is 7.82 Å². The number of carbonyl (C=O) groups excluding carboxylic acids is 1. The number of hydrogen-bond donors (Lipinski definition) is 2. The lowest BCUT2D eigenvalue weighted by atomic mass is 10.1. The maximum absolute atomic E-state index is 12.6. The number of hydrogen-bond acceptors (Lipinski definition) is 7. The van der Waals surface area contributed by atoms with Crippen LogP contribution < -0.4 is 5.73 Å². The van der Waals surface area contributed by atoms with Gasteiger partial charge in [-0.15, -0.1) is 0 Å². The molecule has 0 saturated heterocycles. The number of nitrogens with two attached hydrogens (primary N) is 1. The average molecular weight is 816 g/mol. The highest BCUT2D eigenvalue weighted by Gasteiger charge is 2.25. The Hall–Kier alpha value is -2.58. The van der Waals surface area contributed by atoms with Gasteiger partial charge in [-0.05, 0) is 89.9 Å². The van der Waals surface area contributed by atoms with Crippen LogP contribution in [-0.2, 0) is 27.9 Å². The second-order valence-corrected chi connectivity index (χ2v) is 15.6. The predicted molar refractivity (Wildman–Crippen MR) is 242 cm³/mol. The molecule has 9 heteroatoms. The molecule has 0 rings (SSSR count). The quantitative estimate of drug-likeness (QED) is 0.0271. The third-order valence-electron chi connectivity index (χ3n) is 8.74. The summed E-state index contributed by atoms with van der Waals surface area (Å²) in [5.41, 5.74) is 5.37. The van der Waals surface area contributed by atoms with Gasteiger partial charge in [0.1, 0.15) is 6.10 Å². The number of unbranched alkanes of at least 4 members (excludes halogenated alkanes) is 12. The molecule has 0 aromatic rings. The van der Waals surface area contributed by atoms with Crippen molar-refractivity contribution in [1.82, 2.24) is 0 Å². The lowest BCUT2D eigenvalue weighted by Crippen LogP contribution is -2.28. The fourth-order valence-electron chi connectivity index (χ4n) is 5.49. The van der Waals surface area contributed by atoms with Crippen LogP contribution in [0.3, 0.4) is 0 Å². The molecule has 8 nitrogen and oxygen atoms in total. The molecule has 2 atom stereocenters. The van der Waals surface area contributed by atoms with E-state index in [0.29, 0.717) is 13.0 Å². The average Bonchev–Trinajstić information content (AvgIpc) is 3.20. The minimum Gasteiger partial charge on any atom is -0.457 e. The van der Waals surface area contributed by atoms with Crippen LogP contribution in [-0.4, -0.2) is 49.9 Å². The molecule has 0 aliphatic rings. The lowest BCUT2D eigenvalue weighted by Gasteiger charge is -2.20. The van der Waals surface area contributed by atoms with Crippen molar-refractivity contribution >= 4 is 13.8 Å². The molecule has 0 aliphatic heterocycles. The Morgan fingerprint density at radius 1 is 0.544 bits per heavy atom. The highest BCUT2D eigenvalue weighted by atomic mass is 31.2. The summed E-state index contributed by atoms with van der Waals surface area (Å²) in [4.78, 5) is 22.5. The second-order valence-electron chi connectivity index (χ2n) is 14.2. The van der Waals surface area contributed by atoms with Crippen molar-refractivity contribution in [2.24, 2.45) is 5.73 Å². The molecule has 326 valence electrons. The van der Waals surface area contributed by atoms with Crippen LogP contribution in [0.1, 0.15) is 162 Å². The number of rotatable bonds is 41. The molecule has 0 aliphatic carbocycles. The molecule has 0 bridgehead atoms. The van der Waals surface area contributed by atoms with Gasteiger partial charge in [0.25, 0.3) is 0 Å². The minimum atomic E-state index is -4.29. The largest absolute Gasteiger partial charge is 0.472 e. The topological polar surface area (TPSA) is 117 Å². The van der Waals surface area contributed by atoms with Crippen molar-refractivity contribution in [2.75, 3.05) is 33.0 Å². The zero-order valence-corrected chi connectivity index (χ0v) is 36.9. The maximum atomic E-state index is 12.6. The van der Waals surface area contributed by atoms with Crippen LogP contribution in [0, 0.1) is 0 Å². The Labute approximate surface area is 349 Å². The minimum absolute atomic E-state index is 0.0887. The SMILES string of the molecule is CC/C=C\C/C=C\C/C=C\C/C=C\C/C=C\C/C=C\CCCCCCCOCC(COP(=O)(O)OCCN)OC(=O)CCCCCCC/C=C\C/C=C\CCCC. The van der Waals surface area contributed by atoms with Gasteiger partial charge in [-0.1, -0.05) is 162 Å². The Bertz CT molecular complexity index is 1190. The van der Waals surface area contributed by atoms with Gasteiger partial charge < -0.3 is 20.1 Å². The number of carbonyl (C=O) groups is 1. The normalized spacial score (nSPS) is 14.4. The molecule has 0 fully saturated rings. The van der Waals surface area contributed by atoms with E-state index in [1.807, 2.05) is 0 Å². The summed E-state index contributed by atoms with van der Waals surface area (Å²) < 4.78 is 33.4.